The number of carbonyl (C=O) groups is 1. The highest BCUT2D eigenvalue weighted by Crippen LogP contribution is 2.32. The molecule has 9 heteroatoms. The topological polar surface area (TPSA) is 115 Å². The van der Waals surface area contributed by atoms with E-state index in [1.165, 1.54) is 22.3 Å². The molecule has 0 saturated carbocycles. The summed E-state index contributed by atoms with van der Waals surface area (Å²) in [7, 11) is -3.90. The molecule has 0 amide bonds. The van der Waals surface area contributed by atoms with E-state index in [0.717, 1.165) is 5.56 Å². The average Bonchev–Trinajstić information content (AvgIpc) is 3.26. The summed E-state index contributed by atoms with van der Waals surface area (Å²) in [6.45, 7) is 3.58. The molecule has 0 aliphatic rings. The maximum atomic E-state index is 13.3. The van der Waals surface area contributed by atoms with Crippen molar-refractivity contribution in [2.24, 2.45) is 0 Å². The van der Waals surface area contributed by atoms with Gasteiger partial charge in [0.15, 0.2) is 0 Å². The highest BCUT2D eigenvalue weighted by Gasteiger charge is 2.23. The van der Waals surface area contributed by atoms with Crippen LogP contribution < -0.4 is 0 Å². The lowest BCUT2D eigenvalue weighted by atomic mass is 10.1. The van der Waals surface area contributed by atoms with Crippen LogP contribution in [0, 0.1) is 13.8 Å². The van der Waals surface area contributed by atoms with Gasteiger partial charge in [-0.2, -0.15) is 0 Å². The van der Waals surface area contributed by atoms with Crippen LogP contribution in [0.3, 0.4) is 0 Å². The zero-order chi connectivity index (χ0) is 21.5. The molecule has 4 aromatic rings. The van der Waals surface area contributed by atoms with Gasteiger partial charge < -0.3 is 9.63 Å². The van der Waals surface area contributed by atoms with E-state index in [0.29, 0.717) is 33.6 Å². The Balaban J connectivity index is 1.96. The van der Waals surface area contributed by atoms with E-state index < -0.39 is 16.0 Å². The van der Waals surface area contributed by atoms with E-state index in [-0.39, 0.29) is 17.7 Å². The molecule has 1 aromatic carbocycles. The van der Waals surface area contributed by atoms with Gasteiger partial charge in [0.2, 0.25) is 0 Å². The number of aliphatic carboxylic acids is 1. The first-order chi connectivity index (χ1) is 14.3. The van der Waals surface area contributed by atoms with Crippen molar-refractivity contribution in [3.63, 3.8) is 0 Å². The predicted molar refractivity (Wildman–Crippen MR) is 110 cm³/mol. The lowest BCUT2D eigenvalue weighted by molar-refractivity contribution is -0.136. The minimum absolute atomic E-state index is 0.127. The van der Waals surface area contributed by atoms with Crippen molar-refractivity contribution >= 4 is 27.0 Å². The Morgan fingerprint density at radius 2 is 1.93 bits per heavy atom. The van der Waals surface area contributed by atoms with Gasteiger partial charge >= 0.3 is 5.97 Å². The summed E-state index contributed by atoms with van der Waals surface area (Å²) >= 11 is 0. The Morgan fingerprint density at radius 1 is 1.20 bits per heavy atom. The highest BCUT2D eigenvalue weighted by molar-refractivity contribution is 7.90. The van der Waals surface area contributed by atoms with Gasteiger partial charge in [0, 0.05) is 29.9 Å². The van der Waals surface area contributed by atoms with Gasteiger partial charge in [-0.15, -0.1) is 0 Å². The third kappa shape index (κ3) is 3.37. The summed E-state index contributed by atoms with van der Waals surface area (Å²) in [5.41, 5.74) is 3.47. The van der Waals surface area contributed by atoms with Crippen LogP contribution in [-0.2, 0) is 21.2 Å². The third-order valence-electron chi connectivity index (χ3n) is 4.91. The second-order valence-corrected chi connectivity index (χ2v) is 8.77. The Hall–Kier alpha value is -3.46. The van der Waals surface area contributed by atoms with E-state index in [4.69, 9.17) is 9.63 Å². The number of aryl methyl sites for hydroxylation is 3. The van der Waals surface area contributed by atoms with Crippen molar-refractivity contribution in [2.45, 2.75) is 31.6 Å². The molecule has 154 valence electrons. The Labute approximate surface area is 172 Å². The fourth-order valence-corrected chi connectivity index (χ4v) is 4.89. The molecule has 0 bridgehead atoms. The van der Waals surface area contributed by atoms with Gasteiger partial charge in [-0.3, -0.25) is 9.78 Å². The predicted octanol–water partition coefficient (Wildman–Crippen LogP) is 3.56. The zero-order valence-electron chi connectivity index (χ0n) is 16.4. The Morgan fingerprint density at radius 3 is 2.57 bits per heavy atom. The molecular formula is C21H19N3O5S. The SMILES string of the molecule is Cc1noc(C)c1-c1cnc2c(CCC(=O)O)cn(S(=O)(=O)c3ccccc3)c2c1. The molecule has 30 heavy (non-hydrogen) atoms. The van der Waals surface area contributed by atoms with Crippen LogP contribution in [0.4, 0.5) is 0 Å². The molecule has 1 N–H and O–H groups in total. The normalized spacial score (nSPS) is 11.8. The third-order valence-corrected chi connectivity index (χ3v) is 6.60. The molecule has 4 rings (SSSR count). The number of hydrogen-bond acceptors (Lipinski definition) is 6. The van der Waals surface area contributed by atoms with E-state index >= 15 is 0 Å². The maximum Gasteiger partial charge on any atom is 0.303 e. The number of nitrogens with zero attached hydrogens (tertiary/aromatic N) is 3. The highest BCUT2D eigenvalue weighted by atomic mass is 32.2. The second-order valence-electron chi connectivity index (χ2n) is 6.95. The van der Waals surface area contributed by atoms with Gasteiger partial charge in [0.1, 0.15) is 5.76 Å². The molecule has 0 fully saturated rings. The Kier molecular flexibility index (Phi) is 4.90. The van der Waals surface area contributed by atoms with Gasteiger partial charge in [0.25, 0.3) is 10.0 Å². The minimum atomic E-state index is -3.90. The lowest BCUT2D eigenvalue weighted by Crippen LogP contribution is -2.11. The minimum Gasteiger partial charge on any atom is -0.481 e. The van der Waals surface area contributed by atoms with Crippen LogP contribution in [-0.4, -0.2) is 33.6 Å². The van der Waals surface area contributed by atoms with Crippen LogP contribution in [0.25, 0.3) is 22.2 Å². The molecule has 0 unspecified atom stereocenters. The smallest absolute Gasteiger partial charge is 0.303 e. The Bertz CT molecular complexity index is 1330. The summed E-state index contributed by atoms with van der Waals surface area (Å²) < 4.78 is 33.0. The molecular weight excluding hydrogens is 406 g/mol. The van der Waals surface area contributed by atoms with Crippen LogP contribution >= 0.6 is 0 Å². The van der Waals surface area contributed by atoms with Crippen LogP contribution in [0.15, 0.2) is 58.2 Å². The maximum absolute atomic E-state index is 13.3. The molecule has 3 aromatic heterocycles. The van der Waals surface area contributed by atoms with Gasteiger partial charge in [-0.25, -0.2) is 12.4 Å². The van der Waals surface area contributed by atoms with E-state index in [1.807, 2.05) is 0 Å². The number of pyridine rings is 1. The number of carboxylic acids is 1. The van der Waals surface area contributed by atoms with Crippen LogP contribution in [0.1, 0.15) is 23.4 Å². The molecule has 0 aliphatic carbocycles. The number of rotatable bonds is 6. The van der Waals surface area contributed by atoms with Crippen LogP contribution in [0.2, 0.25) is 0 Å². The average molecular weight is 425 g/mol. The molecule has 0 radical (unpaired) electrons. The molecule has 0 aliphatic heterocycles. The van der Waals surface area contributed by atoms with Crippen molar-refractivity contribution in [1.29, 1.82) is 0 Å². The summed E-state index contributed by atoms with van der Waals surface area (Å²) in [6, 6.07) is 9.80. The second kappa shape index (κ2) is 7.42. The molecule has 0 saturated heterocycles. The van der Waals surface area contributed by atoms with E-state index in [2.05, 4.69) is 10.1 Å². The number of benzene rings is 1. The summed E-state index contributed by atoms with van der Waals surface area (Å²) in [6.07, 6.45) is 3.12. The molecule has 0 spiro atoms. The number of aromatic nitrogens is 3. The van der Waals surface area contributed by atoms with Crippen LogP contribution in [0.5, 0.6) is 0 Å². The van der Waals surface area contributed by atoms with Crippen molar-refractivity contribution in [3.05, 3.63) is 65.8 Å². The number of carboxylic acid groups (broad SMARTS) is 1. The van der Waals surface area contributed by atoms with Crippen molar-refractivity contribution in [2.75, 3.05) is 0 Å². The first-order valence-corrected chi connectivity index (χ1v) is 10.7. The summed E-state index contributed by atoms with van der Waals surface area (Å²) in [4.78, 5) is 15.7. The summed E-state index contributed by atoms with van der Waals surface area (Å²) in [5, 5.41) is 13.0. The fraction of sp³-hybridized carbons (Fsp3) is 0.190. The van der Waals surface area contributed by atoms with Gasteiger partial charge in [-0.1, -0.05) is 23.4 Å². The number of hydrogen-bond donors (Lipinski definition) is 1. The van der Waals surface area contributed by atoms with E-state index in [1.54, 1.807) is 44.3 Å². The quantitative estimate of drug-likeness (QED) is 0.502. The van der Waals surface area contributed by atoms with Crippen molar-refractivity contribution in [1.82, 2.24) is 14.1 Å². The van der Waals surface area contributed by atoms with Gasteiger partial charge in [-0.05, 0) is 44.0 Å². The largest absolute Gasteiger partial charge is 0.481 e. The lowest BCUT2D eigenvalue weighted by Gasteiger charge is -2.08. The standard InChI is InChI=1S/C21H19N3O5S/c1-13-20(14(2)29-23-13)16-10-18-21(22-11-16)15(8-9-19(25)26)12-24(18)30(27,28)17-6-4-3-5-7-17/h3-7,10-12H,8-9H2,1-2H3,(H,25,26). The van der Waals surface area contributed by atoms with Gasteiger partial charge in [0.05, 0.1) is 21.6 Å². The monoisotopic (exact) mass is 425 g/mol. The first-order valence-electron chi connectivity index (χ1n) is 9.24. The number of fused-ring (bicyclic) bond motifs is 1. The van der Waals surface area contributed by atoms with Crippen molar-refractivity contribution < 1.29 is 22.8 Å². The molecule has 0 atom stereocenters. The van der Waals surface area contributed by atoms with Crippen molar-refractivity contribution in [3.8, 4) is 11.1 Å². The molecule has 3 heterocycles. The summed E-state index contributed by atoms with van der Waals surface area (Å²) in [5.74, 6) is -0.363. The fourth-order valence-electron chi connectivity index (χ4n) is 3.50. The first kappa shape index (κ1) is 19.8. The zero-order valence-corrected chi connectivity index (χ0v) is 17.2. The molecule has 8 nitrogen and oxygen atoms in total. The van der Waals surface area contributed by atoms with E-state index in [9.17, 15) is 13.2 Å².